The lowest BCUT2D eigenvalue weighted by molar-refractivity contribution is -0.262. The molecule has 0 atom stereocenters. The Bertz CT molecular complexity index is 928. The highest BCUT2D eigenvalue weighted by molar-refractivity contribution is 5.91. The van der Waals surface area contributed by atoms with Crippen LogP contribution in [-0.4, -0.2) is 38.4 Å². The van der Waals surface area contributed by atoms with E-state index in [2.05, 4.69) is 15.0 Å². The third-order valence-corrected chi connectivity index (χ3v) is 3.64. The first kappa shape index (κ1) is 16.6. The summed E-state index contributed by atoms with van der Waals surface area (Å²) in [6, 6.07) is 7.15. The molecule has 3 rings (SSSR count). The third-order valence-electron chi connectivity index (χ3n) is 3.64. The molecule has 0 radical (unpaired) electrons. The van der Waals surface area contributed by atoms with Gasteiger partial charge in [-0.1, -0.05) is 0 Å². The largest absolute Gasteiger partial charge is 0.481 e. The maximum atomic E-state index is 11.3. The van der Waals surface area contributed by atoms with Gasteiger partial charge in [0, 0.05) is 35.8 Å². The molecule has 0 saturated heterocycles. The van der Waals surface area contributed by atoms with Gasteiger partial charge in [0.1, 0.15) is 11.8 Å². The van der Waals surface area contributed by atoms with Gasteiger partial charge in [-0.05, 0) is 35.9 Å². The molecule has 2 aromatic heterocycles. The van der Waals surface area contributed by atoms with Crippen molar-refractivity contribution >= 4 is 16.8 Å². The smallest absolute Gasteiger partial charge is 0.281 e. The van der Waals surface area contributed by atoms with Crippen molar-refractivity contribution in [2.75, 3.05) is 7.11 Å². The number of aromatic nitrogens is 3. The molecule has 3 aromatic rings. The number of fused-ring (bicyclic) bond motifs is 1. The number of benzene rings is 1. The molecular formula is C17H16N4O4. The van der Waals surface area contributed by atoms with E-state index in [9.17, 15) is 10.0 Å². The van der Waals surface area contributed by atoms with Crippen molar-refractivity contribution in [3.63, 3.8) is 0 Å². The van der Waals surface area contributed by atoms with Crippen LogP contribution in [0.1, 0.15) is 12.6 Å². The van der Waals surface area contributed by atoms with Gasteiger partial charge >= 0.3 is 0 Å². The summed E-state index contributed by atoms with van der Waals surface area (Å²) in [6.07, 6.45) is 3.05. The fraction of sp³-hybridized carbons (Fsp3) is 0.176. The predicted octanol–water partition coefficient (Wildman–Crippen LogP) is 2.54. The second-order valence-electron chi connectivity index (χ2n) is 5.30. The molecule has 1 amide bonds. The number of aryl methyl sites for hydroxylation is 1. The first-order valence-electron chi connectivity index (χ1n) is 7.43. The van der Waals surface area contributed by atoms with Crippen LogP contribution in [0.25, 0.3) is 22.0 Å². The van der Waals surface area contributed by atoms with E-state index in [1.54, 1.807) is 25.4 Å². The number of rotatable bonds is 4. The molecule has 1 aromatic carbocycles. The number of hydrogen-bond donors (Lipinski definition) is 1. The summed E-state index contributed by atoms with van der Waals surface area (Å²) in [5.41, 5.74) is 2.80. The summed E-state index contributed by atoms with van der Waals surface area (Å²) >= 11 is 0. The molecule has 0 spiro atoms. The Hall–Kier alpha value is -3.26. The standard InChI is InChI=1S/C17H16N4O4/c1-10-14-6-13(12-4-5-16(24-3)18-8-12)7-15(17(14)20-9-19-10)25-21(23)11(2)22/h4-9,23H,1-3H3. The Kier molecular flexibility index (Phi) is 4.44. The summed E-state index contributed by atoms with van der Waals surface area (Å²) < 4.78 is 5.06. The van der Waals surface area contributed by atoms with Crippen molar-refractivity contribution in [2.24, 2.45) is 0 Å². The first-order valence-corrected chi connectivity index (χ1v) is 7.43. The minimum atomic E-state index is -0.657. The fourth-order valence-electron chi connectivity index (χ4n) is 2.33. The number of nitrogens with zero attached hydrogens (tertiary/aromatic N) is 4. The average molecular weight is 340 g/mol. The summed E-state index contributed by atoms with van der Waals surface area (Å²) in [4.78, 5) is 29.1. The average Bonchev–Trinajstić information content (AvgIpc) is 2.62. The molecule has 1 N–H and O–H groups in total. The number of carbonyl (C=O) groups excluding carboxylic acids is 1. The third kappa shape index (κ3) is 3.33. The lowest BCUT2D eigenvalue weighted by Gasteiger charge is -2.16. The highest BCUT2D eigenvalue weighted by Crippen LogP contribution is 2.32. The highest BCUT2D eigenvalue weighted by atomic mass is 16.9. The Labute approximate surface area is 143 Å². The van der Waals surface area contributed by atoms with Crippen LogP contribution < -0.4 is 9.57 Å². The zero-order valence-electron chi connectivity index (χ0n) is 13.9. The fourth-order valence-corrected chi connectivity index (χ4v) is 2.33. The van der Waals surface area contributed by atoms with E-state index >= 15 is 0 Å². The van der Waals surface area contributed by atoms with E-state index in [-0.39, 0.29) is 11.0 Å². The Morgan fingerprint density at radius 2 is 1.96 bits per heavy atom. The van der Waals surface area contributed by atoms with Gasteiger partial charge in [0.15, 0.2) is 5.75 Å². The molecule has 0 aliphatic rings. The van der Waals surface area contributed by atoms with Crippen LogP contribution in [0.3, 0.4) is 0 Å². The molecule has 8 nitrogen and oxygen atoms in total. The molecule has 0 saturated carbocycles. The van der Waals surface area contributed by atoms with Crippen molar-refractivity contribution < 1.29 is 19.6 Å². The zero-order chi connectivity index (χ0) is 18.0. The Morgan fingerprint density at radius 1 is 1.16 bits per heavy atom. The van der Waals surface area contributed by atoms with Gasteiger partial charge in [-0.15, -0.1) is 0 Å². The van der Waals surface area contributed by atoms with Gasteiger partial charge in [0.25, 0.3) is 5.91 Å². The van der Waals surface area contributed by atoms with Crippen molar-refractivity contribution in [1.82, 2.24) is 20.2 Å². The van der Waals surface area contributed by atoms with Gasteiger partial charge in [-0.3, -0.25) is 10.0 Å². The van der Waals surface area contributed by atoms with E-state index in [0.717, 1.165) is 22.2 Å². The van der Waals surface area contributed by atoms with Crippen LogP contribution in [0.4, 0.5) is 0 Å². The minimum Gasteiger partial charge on any atom is -0.481 e. The lowest BCUT2D eigenvalue weighted by Crippen LogP contribution is -2.28. The van der Waals surface area contributed by atoms with Crippen molar-refractivity contribution in [1.29, 1.82) is 0 Å². The number of hydrogen-bond acceptors (Lipinski definition) is 7. The second-order valence-corrected chi connectivity index (χ2v) is 5.30. The minimum absolute atomic E-state index is 0.169. The summed E-state index contributed by atoms with van der Waals surface area (Å²) in [5.74, 6) is 0.0700. The molecule has 0 bridgehead atoms. The molecule has 8 heteroatoms. The van der Waals surface area contributed by atoms with Crippen LogP contribution in [-0.2, 0) is 4.79 Å². The van der Waals surface area contributed by atoms with Crippen LogP contribution in [0, 0.1) is 6.92 Å². The maximum absolute atomic E-state index is 11.3. The second kappa shape index (κ2) is 6.70. The van der Waals surface area contributed by atoms with Crippen LogP contribution in [0.15, 0.2) is 36.8 Å². The van der Waals surface area contributed by atoms with Gasteiger partial charge in [0.05, 0.1) is 7.11 Å². The quantitative estimate of drug-likeness (QED) is 0.575. The zero-order valence-corrected chi connectivity index (χ0v) is 13.9. The number of pyridine rings is 1. The topological polar surface area (TPSA) is 97.7 Å². The van der Waals surface area contributed by atoms with E-state index in [1.807, 2.05) is 19.1 Å². The van der Waals surface area contributed by atoms with E-state index in [1.165, 1.54) is 13.3 Å². The lowest BCUT2D eigenvalue weighted by atomic mass is 10.0. The maximum Gasteiger partial charge on any atom is 0.281 e. The van der Waals surface area contributed by atoms with E-state index in [0.29, 0.717) is 11.4 Å². The SMILES string of the molecule is COc1ccc(-c2cc(ON(O)C(C)=O)c3ncnc(C)c3c2)cn1. The Balaban J connectivity index is 2.15. The van der Waals surface area contributed by atoms with Crippen LogP contribution in [0.5, 0.6) is 11.6 Å². The first-order chi connectivity index (χ1) is 12.0. The van der Waals surface area contributed by atoms with Gasteiger partial charge in [-0.25, -0.2) is 15.0 Å². The Morgan fingerprint density at radius 3 is 2.60 bits per heavy atom. The highest BCUT2D eigenvalue weighted by Gasteiger charge is 2.15. The normalized spacial score (nSPS) is 10.6. The molecule has 2 heterocycles. The summed E-state index contributed by atoms with van der Waals surface area (Å²) in [6.45, 7) is 3.02. The van der Waals surface area contributed by atoms with E-state index in [4.69, 9.17) is 9.57 Å². The predicted molar refractivity (Wildman–Crippen MR) is 89.0 cm³/mol. The molecule has 0 fully saturated rings. The van der Waals surface area contributed by atoms with Crippen molar-refractivity contribution in [2.45, 2.75) is 13.8 Å². The van der Waals surface area contributed by atoms with Gasteiger partial charge in [-0.2, -0.15) is 0 Å². The molecule has 0 aliphatic carbocycles. The number of ether oxygens (including phenoxy) is 1. The van der Waals surface area contributed by atoms with Gasteiger partial charge in [0.2, 0.25) is 5.88 Å². The number of hydroxylamine groups is 2. The van der Waals surface area contributed by atoms with Gasteiger partial charge < -0.3 is 9.57 Å². The monoisotopic (exact) mass is 340 g/mol. The molecule has 128 valence electrons. The number of methoxy groups -OCH3 is 1. The molecule has 25 heavy (non-hydrogen) atoms. The molecule has 0 unspecified atom stereocenters. The van der Waals surface area contributed by atoms with E-state index < -0.39 is 5.91 Å². The van der Waals surface area contributed by atoms with Crippen LogP contribution >= 0.6 is 0 Å². The summed E-state index contributed by atoms with van der Waals surface area (Å²) in [5, 5.41) is 10.5. The number of amides is 1. The van der Waals surface area contributed by atoms with Crippen LogP contribution in [0.2, 0.25) is 0 Å². The van der Waals surface area contributed by atoms with Crippen molar-refractivity contribution in [3.8, 4) is 22.8 Å². The molecule has 0 aliphatic heterocycles. The molecular weight excluding hydrogens is 324 g/mol. The summed E-state index contributed by atoms with van der Waals surface area (Å²) in [7, 11) is 1.54. The van der Waals surface area contributed by atoms with Crippen molar-refractivity contribution in [3.05, 3.63) is 42.5 Å². The number of carbonyl (C=O) groups is 1.